The number of furan rings is 1. The van der Waals surface area contributed by atoms with Gasteiger partial charge in [0, 0.05) is 23.7 Å². The van der Waals surface area contributed by atoms with Crippen LogP contribution in [-0.2, 0) is 6.42 Å². The number of likely N-dealkylation sites (N-methyl/N-ethyl adjacent to an activating group) is 1. The van der Waals surface area contributed by atoms with Crippen molar-refractivity contribution in [2.45, 2.75) is 12.5 Å². The molecule has 0 aliphatic heterocycles. The highest BCUT2D eigenvalue weighted by atomic mass is 35.5. The molecule has 1 unspecified atom stereocenters. The van der Waals surface area contributed by atoms with Gasteiger partial charge in [0.25, 0.3) is 0 Å². The predicted octanol–water partition coefficient (Wildman–Crippen LogP) is 3.98. The van der Waals surface area contributed by atoms with Crippen LogP contribution in [0.25, 0.3) is 11.0 Å². The van der Waals surface area contributed by atoms with E-state index in [4.69, 9.17) is 16.0 Å². The van der Waals surface area contributed by atoms with E-state index in [1.807, 2.05) is 49.5 Å². The zero-order valence-electron chi connectivity index (χ0n) is 11.1. The van der Waals surface area contributed by atoms with E-state index >= 15 is 0 Å². The van der Waals surface area contributed by atoms with Gasteiger partial charge in [0.05, 0.1) is 11.1 Å². The first-order valence-electron chi connectivity index (χ1n) is 6.53. The van der Waals surface area contributed by atoms with Crippen LogP contribution < -0.4 is 5.32 Å². The van der Waals surface area contributed by atoms with Crippen molar-refractivity contribution in [2.75, 3.05) is 7.05 Å². The molecule has 0 saturated heterocycles. The van der Waals surface area contributed by atoms with Gasteiger partial charge in [-0.2, -0.15) is 0 Å². The highest BCUT2D eigenvalue weighted by Crippen LogP contribution is 2.30. The fourth-order valence-corrected chi connectivity index (χ4v) is 2.51. The molecule has 2 aromatic heterocycles. The normalized spacial score (nSPS) is 12.7. The molecule has 20 heavy (non-hydrogen) atoms. The van der Waals surface area contributed by atoms with Crippen LogP contribution in [0.15, 0.2) is 53.1 Å². The van der Waals surface area contributed by atoms with Gasteiger partial charge in [-0.05, 0) is 31.3 Å². The van der Waals surface area contributed by atoms with Crippen molar-refractivity contribution < 1.29 is 4.42 Å². The van der Waals surface area contributed by atoms with Crippen molar-refractivity contribution in [1.29, 1.82) is 0 Å². The second kappa shape index (κ2) is 5.65. The summed E-state index contributed by atoms with van der Waals surface area (Å²) >= 11 is 6.15. The fourth-order valence-electron chi connectivity index (χ4n) is 2.29. The summed E-state index contributed by atoms with van der Waals surface area (Å²) < 4.78 is 5.90. The molecule has 1 aromatic carbocycles. The second-order valence-electron chi connectivity index (χ2n) is 4.67. The molecule has 4 heteroatoms. The molecule has 1 atom stereocenters. The lowest BCUT2D eigenvalue weighted by atomic mass is 10.1. The molecule has 0 spiro atoms. The molecule has 102 valence electrons. The summed E-state index contributed by atoms with van der Waals surface area (Å²) in [6, 6.07) is 13.8. The smallest absolute Gasteiger partial charge is 0.152 e. The standard InChI is InChI=1S/C16H15ClN2O/c1-18-14(10-12-6-2-3-8-19-12)15-9-11-5-4-7-13(17)16(11)20-15/h2-9,14,18H,10H2,1H3. The summed E-state index contributed by atoms with van der Waals surface area (Å²) in [5.41, 5.74) is 1.77. The number of nitrogens with one attached hydrogen (secondary N) is 1. The van der Waals surface area contributed by atoms with E-state index in [2.05, 4.69) is 10.3 Å². The highest BCUT2D eigenvalue weighted by Gasteiger charge is 2.16. The van der Waals surface area contributed by atoms with Gasteiger partial charge in [-0.1, -0.05) is 29.8 Å². The summed E-state index contributed by atoms with van der Waals surface area (Å²) in [5.74, 6) is 0.876. The van der Waals surface area contributed by atoms with Crippen LogP contribution in [0.1, 0.15) is 17.5 Å². The third-order valence-electron chi connectivity index (χ3n) is 3.35. The quantitative estimate of drug-likeness (QED) is 0.788. The first kappa shape index (κ1) is 13.2. The number of fused-ring (bicyclic) bond motifs is 1. The van der Waals surface area contributed by atoms with Crippen molar-refractivity contribution in [3.05, 3.63) is 65.1 Å². The van der Waals surface area contributed by atoms with Crippen LogP contribution in [0.3, 0.4) is 0 Å². The maximum Gasteiger partial charge on any atom is 0.152 e. The summed E-state index contributed by atoms with van der Waals surface area (Å²) in [7, 11) is 1.92. The van der Waals surface area contributed by atoms with Gasteiger partial charge in [-0.25, -0.2) is 0 Å². The Labute approximate surface area is 122 Å². The lowest BCUT2D eigenvalue weighted by Crippen LogP contribution is -2.18. The van der Waals surface area contributed by atoms with Crippen molar-refractivity contribution >= 4 is 22.6 Å². The first-order valence-corrected chi connectivity index (χ1v) is 6.91. The average molecular weight is 287 g/mol. The lowest BCUT2D eigenvalue weighted by Gasteiger charge is -2.12. The van der Waals surface area contributed by atoms with Gasteiger partial charge in [-0.3, -0.25) is 4.98 Å². The maximum atomic E-state index is 6.15. The van der Waals surface area contributed by atoms with Crippen LogP contribution in [0.2, 0.25) is 5.02 Å². The summed E-state index contributed by atoms with van der Waals surface area (Å²) in [5, 5.41) is 4.93. The molecule has 0 fully saturated rings. The maximum absolute atomic E-state index is 6.15. The minimum Gasteiger partial charge on any atom is -0.458 e. The van der Waals surface area contributed by atoms with E-state index in [1.165, 1.54) is 0 Å². The molecule has 3 aromatic rings. The molecule has 2 heterocycles. The van der Waals surface area contributed by atoms with Crippen molar-refractivity contribution in [3.8, 4) is 0 Å². The third-order valence-corrected chi connectivity index (χ3v) is 3.64. The van der Waals surface area contributed by atoms with Gasteiger partial charge in [-0.15, -0.1) is 0 Å². The molecular weight excluding hydrogens is 272 g/mol. The molecule has 3 nitrogen and oxygen atoms in total. The van der Waals surface area contributed by atoms with Gasteiger partial charge >= 0.3 is 0 Å². The van der Waals surface area contributed by atoms with Gasteiger partial charge in [0.2, 0.25) is 0 Å². The molecule has 0 amide bonds. The molecule has 0 bridgehead atoms. The topological polar surface area (TPSA) is 38.1 Å². The van der Waals surface area contributed by atoms with Crippen LogP contribution in [0.5, 0.6) is 0 Å². The molecule has 0 aliphatic carbocycles. The van der Waals surface area contributed by atoms with Crippen LogP contribution in [0, 0.1) is 0 Å². The van der Waals surface area contributed by atoms with Crippen LogP contribution in [-0.4, -0.2) is 12.0 Å². The Kier molecular flexibility index (Phi) is 3.72. The van der Waals surface area contributed by atoms with Crippen LogP contribution in [0.4, 0.5) is 0 Å². The highest BCUT2D eigenvalue weighted by molar-refractivity contribution is 6.34. The molecule has 0 saturated carbocycles. The third kappa shape index (κ3) is 2.55. The second-order valence-corrected chi connectivity index (χ2v) is 5.08. The Morgan fingerprint density at radius 3 is 2.85 bits per heavy atom. The van der Waals surface area contributed by atoms with E-state index in [1.54, 1.807) is 6.20 Å². The number of pyridine rings is 1. The van der Waals surface area contributed by atoms with E-state index < -0.39 is 0 Å². The number of rotatable bonds is 4. The molecule has 1 N–H and O–H groups in total. The Morgan fingerprint density at radius 1 is 1.25 bits per heavy atom. The monoisotopic (exact) mass is 286 g/mol. The fraction of sp³-hybridized carbons (Fsp3) is 0.188. The summed E-state index contributed by atoms with van der Waals surface area (Å²) in [6.07, 6.45) is 2.58. The van der Waals surface area contributed by atoms with Crippen molar-refractivity contribution in [3.63, 3.8) is 0 Å². The largest absolute Gasteiger partial charge is 0.458 e. The van der Waals surface area contributed by atoms with E-state index in [-0.39, 0.29) is 6.04 Å². The van der Waals surface area contributed by atoms with Gasteiger partial charge < -0.3 is 9.73 Å². The van der Waals surface area contributed by atoms with E-state index in [0.29, 0.717) is 5.02 Å². The SMILES string of the molecule is CNC(Cc1ccccn1)c1cc2cccc(Cl)c2o1. The minimum atomic E-state index is 0.0772. The Morgan fingerprint density at radius 2 is 2.15 bits per heavy atom. The zero-order valence-corrected chi connectivity index (χ0v) is 11.9. The Hall–Kier alpha value is -1.84. The minimum absolute atomic E-state index is 0.0772. The number of aromatic nitrogens is 1. The van der Waals surface area contributed by atoms with Crippen LogP contribution >= 0.6 is 11.6 Å². The first-order chi connectivity index (χ1) is 9.78. The van der Waals surface area contributed by atoms with Gasteiger partial charge in [0.15, 0.2) is 5.58 Å². The number of benzene rings is 1. The molecule has 0 radical (unpaired) electrons. The number of halogens is 1. The number of nitrogens with zero attached hydrogens (tertiary/aromatic N) is 1. The number of hydrogen-bond donors (Lipinski definition) is 1. The van der Waals surface area contributed by atoms with E-state index in [0.717, 1.165) is 28.8 Å². The average Bonchev–Trinajstić information content (AvgIpc) is 2.91. The lowest BCUT2D eigenvalue weighted by molar-refractivity contribution is 0.448. The Balaban J connectivity index is 1.93. The van der Waals surface area contributed by atoms with Crippen molar-refractivity contribution in [2.24, 2.45) is 0 Å². The molecular formula is C16H15ClN2O. The Bertz CT molecular complexity index is 709. The molecule has 0 aliphatic rings. The number of para-hydroxylation sites is 1. The predicted molar refractivity (Wildman–Crippen MR) is 81.0 cm³/mol. The van der Waals surface area contributed by atoms with Gasteiger partial charge in [0.1, 0.15) is 5.76 Å². The summed E-state index contributed by atoms with van der Waals surface area (Å²) in [6.45, 7) is 0. The number of hydrogen-bond acceptors (Lipinski definition) is 3. The summed E-state index contributed by atoms with van der Waals surface area (Å²) in [4.78, 5) is 4.36. The van der Waals surface area contributed by atoms with Crippen molar-refractivity contribution in [1.82, 2.24) is 10.3 Å². The van der Waals surface area contributed by atoms with E-state index in [9.17, 15) is 0 Å². The zero-order chi connectivity index (χ0) is 13.9. The molecule has 3 rings (SSSR count).